The number of amides is 1. The van der Waals surface area contributed by atoms with Crippen molar-refractivity contribution in [2.24, 2.45) is 10.8 Å². The fraction of sp³-hybridized carbons (Fsp3) is 0.482. The zero-order valence-electron chi connectivity index (χ0n) is 39.9. The van der Waals surface area contributed by atoms with Gasteiger partial charge in [-0.25, -0.2) is 0 Å². The summed E-state index contributed by atoms with van der Waals surface area (Å²) in [5, 5.41) is 17.9. The molecule has 2 aliphatic heterocycles. The van der Waals surface area contributed by atoms with Crippen LogP contribution in [0.5, 0.6) is 0 Å². The van der Waals surface area contributed by atoms with Gasteiger partial charge in [-0.1, -0.05) is 157 Å². The highest BCUT2D eigenvalue weighted by Gasteiger charge is 2.31. The minimum absolute atomic E-state index is 0.0338. The first-order chi connectivity index (χ1) is 30.9. The van der Waals surface area contributed by atoms with Gasteiger partial charge in [0.25, 0.3) is 0 Å². The van der Waals surface area contributed by atoms with Crippen LogP contribution in [0.1, 0.15) is 112 Å². The van der Waals surface area contributed by atoms with E-state index in [2.05, 4.69) is 146 Å². The number of ether oxygens (including phenoxy) is 1. The van der Waals surface area contributed by atoms with Crippen LogP contribution < -0.4 is 5.32 Å². The summed E-state index contributed by atoms with van der Waals surface area (Å²) in [6.07, 6.45) is 9.38. The van der Waals surface area contributed by atoms with E-state index in [-0.39, 0.29) is 12.5 Å². The number of aliphatic hydroxyl groups excluding tert-OH is 1. The second-order valence-electron chi connectivity index (χ2n) is 20.8. The van der Waals surface area contributed by atoms with Crippen LogP contribution in [-0.2, 0) is 35.6 Å². The Morgan fingerprint density at radius 2 is 1.19 bits per heavy atom. The smallest absolute Gasteiger partial charge is 0.246 e. The van der Waals surface area contributed by atoms with Crippen molar-refractivity contribution in [2.75, 3.05) is 46.0 Å². The Hall–Kier alpha value is -4.20. The number of hydrogen-bond acceptors (Lipinski definition) is 5. The number of rotatable bonds is 21. The summed E-state index contributed by atoms with van der Waals surface area (Å²) in [6.45, 7) is 22.0. The zero-order chi connectivity index (χ0) is 45.1. The Kier molecular flexibility index (Phi) is 16.7. The molecule has 0 spiro atoms. The molecule has 2 unspecified atom stereocenters. The second kappa shape index (κ2) is 22.3. The monoisotopic (exact) mass is 860 g/mol. The molecule has 7 rings (SSSR count). The number of nitrogens with zero attached hydrogens (tertiary/aromatic N) is 2. The topological polar surface area (TPSA) is 65.0 Å². The average Bonchev–Trinajstić information content (AvgIpc) is 3.29. The minimum atomic E-state index is -0.0658. The third kappa shape index (κ3) is 12.6. The molecule has 0 aromatic heterocycles. The third-order valence-electron chi connectivity index (χ3n) is 14.8. The summed E-state index contributed by atoms with van der Waals surface area (Å²) in [5.41, 5.74) is 10.1. The van der Waals surface area contributed by atoms with Crippen molar-refractivity contribution in [3.63, 3.8) is 0 Å². The summed E-state index contributed by atoms with van der Waals surface area (Å²) in [5.74, 6) is 1.14. The molecule has 2 saturated heterocycles. The highest BCUT2D eigenvalue weighted by Crippen LogP contribution is 2.42. The first kappa shape index (κ1) is 47.8. The predicted octanol–water partition coefficient (Wildman–Crippen LogP) is 10.6. The van der Waals surface area contributed by atoms with E-state index in [1.165, 1.54) is 108 Å². The first-order valence-electron chi connectivity index (χ1n) is 24.6. The summed E-state index contributed by atoms with van der Waals surface area (Å²) >= 11 is 0. The van der Waals surface area contributed by atoms with Crippen LogP contribution in [0.15, 0.2) is 109 Å². The van der Waals surface area contributed by atoms with Crippen LogP contribution in [0.2, 0.25) is 12.6 Å². The molecule has 0 bridgehead atoms. The van der Waals surface area contributed by atoms with Crippen molar-refractivity contribution in [1.82, 2.24) is 15.1 Å². The van der Waals surface area contributed by atoms with Crippen molar-refractivity contribution >= 4 is 42.0 Å². The molecule has 1 amide bonds. The van der Waals surface area contributed by atoms with E-state index in [0.29, 0.717) is 47.8 Å². The van der Waals surface area contributed by atoms with Gasteiger partial charge in [-0.05, 0) is 110 Å². The number of fused-ring (bicyclic) bond motifs is 2. The second-order valence-corrected chi connectivity index (χ2v) is 20.8. The summed E-state index contributed by atoms with van der Waals surface area (Å²) in [4.78, 5) is 17.6. The van der Waals surface area contributed by atoms with Gasteiger partial charge in [0.15, 0.2) is 0 Å². The number of benzene rings is 5. The SMILES string of the molecule is C=C(C)C(=O)NCCCN(CCc1c2ccccc2c(CN(CCOCCO)Cc2ccccc2C2BCC(C)(C)CC2)c2ccccc12)Cc1ccccc1C1BCC(C)(C)CC1. The molecule has 2 atom stereocenters. The third-order valence-corrected chi connectivity index (χ3v) is 14.8. The molecule has 6 nitrogen and oxygen atoms in total. The number of carbonyl (C=O) groups excluding carboxylic acids is 1. The molecule has 5 aromatic rings. The van der Waals surface area contributed by atoms with E-state index >= 15 is 0 Å². The summed E-state index contributed by atoms with van der Waals surface area (Å²) < 4.78 is 5.94. The lowest BCUT2D eigenvalue weighted by Gasteiger charge is -2.35. The molecular formula is C56H75B2N3O3. The van der Waals surface area contributed by atoms with Gasteiger partial charge < -0.3 is 15.2 Å². The van der Waals surface area contributed by atoms with E-state index in [9.17, 15) is 9.90 Å². The Bertz CT molecular complexity index is 2260. The van der Waals surface area contributed by atoms with Crippen LogP contribution >= 0.6 is 0 Å². The van der Waals surface area contributed by atoms with Gasteiger partial charge in [0.05, 0.1) is 19.8 Å². The molecule has 338 valence electrons. The predicted molar refractivity (Wildman–Crippen MR) is 273 cm³/mol. The average molecular weight is 860 g/mol. The van der Waals surface area contributed by atoms with E-state index < -0.39 is 0 Å². The molecule has 2 aliphatic rings. The fourth-order valence-electron chi connectivity index (χ4n) is 10.8. The van der Waals surface area contributed by atoms with Gasteiger partial charge in [0.1, 0.15) is 14.6 Å². The van der Waals surface area contributed by atoms with Gasteiger partial charge >= 0.3 is 0 Å². The summed E-state index contributed by atoms with van der Waals surface area (Å²) in [6, 6.07) is 36.5. The fourth-order valence-corrected chi connectivity index (χ4v) is 10.8. The van der Waals surface area contributed by atoms with Gasteiger partial charge in [-0.15, -0.1) is 0 Å². The van der Waals surface area contributed by atoms with Crippen molar-refractivity contribution in [3.8, 4) is 0 Å². The zero-order valence-corrected chi connectivity index (χ0v) is 39.9. The number of hydrogen-bond donors (Lipinski definition) is 2. The van der Waals surface area contributed by atoms with Crippen molar-refractivity contribution in [3.05, 3.63) is 143 Å². The highest BCUT2D eigenvalue weighted by atomic mass is 16.5. The largest absolute Gasteiger partial charge is 0.394 e. The number of carbonyl (C=O) groups is 1. The standard InChI is InChI=1S/C56H75B2N3O3/c1-41(2)54(63)59-29-15-30-60(36-42-16-7-9-18-44(42)52-24-27-55(3,4)39-57-52)31-26-50-46-20-11-13-22-48(46)51(49-23-14-12-21-47(49)50)38-61(32-34-64-35-33-62)37-43-17-8-10-19-45(43)53-25-28-56(5,6)40-58-53/h7-14,16-23,52-53,57-58,62H,1,15,24-40H2,2-6H3,(H,59,63). The van der Waals surface area contributed by atoms with Crippen molar-refractivity contribution < 1.29 is 14.6 Å². The molecule has 8 heteroatoms. The van der Waals surface area contributed by atoms with E-state index in [0.717, 1.165) is 52.1 Å². The molecular weight excluding hydrogens is 784 g/mol. The minimum Gasteiger partial charge on any atom is -0.394 e. The number of aliphatic hydroxyl groups is 1. The molecule has 64 heavy (non-hydrogen) atoms. The Morgan fingerprint density at radius 1 is 0.688 bits per heavy atom. The van der Waals surface area contributed by atoms with Crippen LogP contribution in [0, 0.1) is 10.8 Å². The Labute approximate surface area is 386 Å². The van der Waals surface area contributed by atoms with Crippen LogP contribution in [0.3, 0.4) is 0 Å². The van der Waals surface area contributed by atoms with Crippen LogP contribution in [0.4, 0.5) is 0 Å². The highest BCUT2D eigenvalue weighted by molar-refractivity contribution is 6.38. The van der Waals surface area contributed by atoms with Gasteiger partial charge in [0.2, 0.25) is 5.91 Å². The van der Waals surface area contributed by atoms with Crippen molar-refractivity contribution in [1.29, 1.82) is 0 Å². The molecule has 0 saturated carbocycles. The lowest BCUT2D eigenvalue weighted by atomic mass is 9.47. The van der Waals surface area contributed by atoms with Gasteiger partial charge in [0, 0.05) is 51.4 Å². The maximum absolute atomic E-state index is 12.4. The maximum Gasteiger partial charge on any atom is 0.246 e. The van der Waals surface area contributed by atoms with E-state index in [4.69, 9.17) is 4.74 Å². The maximum atomic E-state index is 12.4. The first-order valence-corrected chi connectivity index (χ1v) is 24.6. The van der Waals surface area contributed by atoms with Crippen molar-refractivity contribution in [2.45, 2.75) is 117 Å². The lowest BCUT2D eigenvalue weighted by molar-refractivity contribution is -0.117. The molecule has 2 N–H and O–H groups in total. The van der Waals surface area contributed by atoms with E-state index in [1.54, 1.807) is 6.92 Å². The number of nitrogens with one attached hydrogen (secondary N) is 1. The quantitative estimate of drug-likeness (QED) is 0.0333. The van der Waals surface area contributed by atoms with Crippen LogP contribution in [-0.4, -0.2) is 81.4 Å². The Morgan fingerprint density at radius 3 is 1.69 bits per heavy atom. The molecule has 0 aliphatic carbocycles. The Balaban J connectivity index is 1.18. The van der Waals surface area contributed by atoms with Gasteiger partial charge in [-0.2, -0.15) is 0 Å². The molecule has 2 heterocycles. The van der Waals surface area contributed by atoms with Gasteiger partial charge in [-0.3, -0.25) is 14.6 Å². The normalized spacial score (nSPS) is 18.2. The molecule has 5 aromatic carbocycles. The molecule has 0 radical (unpaired) electrons. The summed E-state index contributed by atoms with van der Waals surface area (Å²) in [7, 11) is 2.49. The molecule has 2 fully saturated rings. The lowest BCUT2D eigenvalue weighted by Crippen LogP contribution is -2.32. The van der Waals surface area contributed by atoms with E-state index in [1.807, 2.05) is 0 Å². The van der Waals surface area contributed by atoms with Crippen LogP contribution in [0.25, 0.3) is 21.5 Å².